The van der Waals surface area contributed by atoms with E-state index < -0.39 is 91.5 Å². The lowest BCUT2D eigenvalue weighted by Gasteiger charge is -2.21. The van der Waals surface area contributed by atoms with E-state index in [2.05, 4.69) is 154 Å². The summed E-state index contributed by atoms with van der Waals surface area (Å²) in [5, 5.41) is 20.7. The Hall–Kier alpha value is -4.31. The fraction of sp³-hybridized carbons (Fsp3) is 0.737. The number of aliphatic hydroxyl groups excluding tert-OH is 2. The van der Waals surface area contributed by atoms with Crippen LogP contribution in [-0.2, 0) is 55.8 Å². The van der Waals surface area contributed by atoms with Gasteiger partial charge in [0.15, 0.2) is 6.10 Å². The van der Waals surface area contributed by atoms with Crippen molar-refractivity contribution in [1.29, 1.82) is 0 Å². The van der Waals surface area contributed by atoms with E-state index in [0.29, 0.717) is 19.3 Å². The van der Waals surface area contributed by atoms with Crippen molar-refractivity contribution in [1.82, 2.24) is 0 Å². The molecule has 0 radical (unpaired) electrons. The Morgan fingerprint density at radius 1 is 0.257 bits per heavy atom. The molecular formula is C95H166O16P2. The highest BCUT2D eigenvalue weighted by molar-refractivity contribution is 7.47. The standard InChI is InChI=1S/C95H166O16P2/c1-4-7-10-13-16-19-22-25-27-29-31-33-35-37-39-41-42-43-44-45-46-48-50-51-53-55-57-59-61-64-66-69-72-75-78-81-93(98)105-84-90(96)85-107-112(101,102)108-86-91(97)87-109-113(103,104)110-89-92(111-95(100)83-80-77-74-71-68-63-24-21-18-15-12-9-6-3)88-106-94(99)82-79-76-73-70-67-65-62-60-58-56-54-52-49-47-40-38-36-34-32-30-28-26-23-20-17-14-11-8-5-2/h8,11-12,15-17,19-21,24-28,31-34,37-40,90-92,96-97H,4-7,9-10,13-14,18,22-23,29-30,35-36,41-89H2,1-3H3,(H,101,102)(H,103,104)/b11-8-,15-12-,19-16-,20-17-,24-21-,27-25-,28-26-,33-31-,34-32-,39-37-,40-38-. The molecule has 113 heavy (non-hydrogen) atoms. The topological polar surface area (TPSA) is 231 Å². The smallest absolute Gasteiger partial charge is 0.463 e. The summed E-state index contributed by atoms with van der Waals surface area (Å²) in [6, 6.07) is 0. The maximum Gasteiger partial charge on any atom is 0.472 e. The van der Waals surface area contributed by atoms with Crippen molar-refractivity contribution >= 4 is 33.6 Å². The molecule has 0 fully saturated rings. The number of phosphoric ester groups is 2. The Labute approximate surface area is 690 Å². The quantitative estimate of drug-likeness (QED) is 0.0146. The zero-order chi connectivity index (χ0) is 82.2. The summed E-state index contributed by atoms with van der Waals surface area (Å²) < 4.78 is 61.3. The van der Waals surface area contributed by atoms with Crippen molar-refractivity contribution in [2.24, 2.45) is 0 Å². The van der Waals surface area contributed by atoms with Crippen LogP contribution < -0.4 is 0 Å². The molecule has 0 bridgehead atoms. The highest BCUT2D eigenvalue weighted by Gasteiger charge is 2.29. The maximum absolute atomic E-state index is 13.0. The Balaban J connectivity index is 4.37. The number of phosphoric acid groups is 2. The molecule has 0 aromatic heterocycles. The lowest BCUT2D eigenvalue weighted by Crippen LogP contribution is -2.30. The van der Waals surface area contributed by atoms with Gasteiger partial charge in [-0.15, -0.1) is 0 Å². The van der Waals surface area contributed by atoms with Crippen molar-refractivity contribution in [2.75, 3.05) is 39.6 Å². The number of aliphatic hydroxyl groups is 2. The Morgan fingerprint density at radius 3 is 0.779 bits per heavy atom. The van der Waals surface area contributed by atoms with Crippen molar-refractivity contribution in [3.05, 3.63) is 134 Å². The summed E-state index contributed by atoms with van der Waals surface area (Å²) >= 11 is 0. The van der Waals surface area contributed by atoms with E-state index >= 15 is 0 Å². The summed E-state index contributed by atoms with van der Waals surface area (Å²) in [4.78, 5) is 58.8. The van der Waals surface area contributed by atoms with Gasteiger partial charge in [0, 0.05) is 19.3 Å². The molecule has 0 saturated carbocycles. The predicted octanol–water partition coefficient (Wildman–Crippen LogP) is 27.8. The number of hydrogen-bond donors (Lipinski definition) is 4. The minimum Gasteiger partial charge on any atom is -0.463 e. The van der Waals surface area contributed by atoms with E-state index in [9.17, 15) is 43.5 Å². The molecule has 0 saturated heterocycles. The van der Waals surface area contributed by atoms with Crippen LogP contribution in [0.4, 0.5) is 0 Å². The first-order chi connectivity index (χ1) is 55.2. The number of allylic oxidation sites excluding steroid dienone is 22. The second kappa shape index (κ2) is 87.0. The van der Waals surface area contributed by atoms with Crippen LogP contribution in [0.3, 0.4) is 0 Å². The number of hydrogen-bond acceptors (Lipinski definition) is 14. The highest BCUT2D eigenvalue weighted by atomic mass is 31.2. The van der Waals surface area contributed by atoms with E-state index in [4.69, 9.17) is 32.3 Å². The van der Waals surface area contributed by atoms with Crippen LogP contribution in [0.1, 0.15) is 393 Å². The molecule has 4 N–H and O–H groups in total. The van der Waals surface area contributed by atoms with Gasteiger partial charge in [-0.25, -0.2) is 9.13 Å². The predicted molar refractivity (Wildman–Crippen MR) is 473 cm³/mol. The van der Waals surface area contributed by atoms with Gasteiger partial charge in [0.2, 0.25) is 0 Å². The minimum absolute atomic E-state index is 0.0874. The molecular weight excluding hydrogens is 1460 g/mol. The van der Waals surface area contributed by atoms with Gasteiger partial charge in [-0.2, -0.15) is 0 Å². The van der Waals surface area contributed by atoms with Gasteiger partial charge in [0.25, 0.3) is 0 Å². The molecule has 0 aliphatic rings. The van der Waals surface area contributed by atoms with E-state index in [0.717, 1.165) is 154 Å². The Morgan fingerprint density at radius 2 is 0.487 bits per heavy atom. The van der Waals surface area contributed by atoms with Gasteiger partial charge in [-0.3, -0.25) is 32.5 Å². The first-order valence-electron chi connectivity index (χ1n) is 45.5. The molecule has 5 unspecified atom stereocenters. The SMILES string of the molecule is CC/C=C\C/C=C\C/C=C\C/C=C\C/C=C\CCCCCCCCCCCCCCCC(=O)OCC(COP(=O)(O)OCC(O)COP(=O)(O)OCC(O)COC(=O)CCCCCCCCCCCCCCCCCCCCC/C=C\C/C=C\C/C=C\C/C=C\CCCCC)OC(=O)CCCCCCC/C=C\C/C=C\CCC. The second-order valence-corrected chi connectivity index (χ2v) is 33.3. The molecule has 0 amide bonds. The minimum atomic E-state index is -4.94. The lowest BCUT2D eigenvalue weighted by molar-refractivity contribution is -0.161. The molecule has 18 heteroatoms. The number of esters is 3. The summed E-state index contributed by atoms with van der Waals surface area (Å²) in [6.45, 7) is 2.50. The Kier molecular flexibility index (Phi) is 83.7. The second-order valence-electron chi connectivity index (χ2n) is 30.4. The summed E-state index contributed by atoms with van der Waals surface area (Å²) in [7, 11) is -9.80. The molecule has 0 heterocycles. The van der Waals surface area contributed by atoms with Crippen molar-refractivity contribution in [2.45, 2.75) is 411 Å². The number of carbonyl (C=O) groups excluding carboxylic acids is 3. The summed E-state index contributed by atoms with van der Waals surface area (Å²) in [5.74, 6) is -1.58. The molecule has 5 atom stereocenters. The molecule has 0 rings (SSSR count). The molecule has 652 valence electrons. The van der Waals surface area contributed by atoms with Gasteiger partial charge in [-0.1, -0.05) is 373 Å². The Bertz CT molecular complexity index is 2580. The first-order valence-corrected chi connectivity index (χ1v) is 48.5. The van der Waals surface area contributed by atoms with Crippen LogP contribution in [0, 0.1) is 0 Å². The summed E-state index contributed by atoms with van der Waals surface area (Å²) in [6.07, 6.45) is 108. The first kappa shape index (κ1) is 109. The fourth-order valence-electron chi connectivity index (χ4n) is 12.4. The molecule has 0 aliphatic heterocycles. The molecule has 0 aliphatic carbocycles. The van der Waals surface area contributed by atoms with Crippen molar-refractivity contribution in [3.63, 3.8) is 0 Å². The van der Waals surface area contributed by atoms with Gasteiger partial charge in [-0.05, 0) is 135 Å². The van der Waals surface area contributed by atoms with E-state index in [1.165, 1.54) is 180 Å². The van der Waals surface area contributed by atoms with Crippen LogP contribution >= 0.6 is 15.6 Å². The van der Waals surface area contributed by atoms with Gasteiger partial charge >= 0.3 is 33.6 Å². The monoisotopic (exact) mass is 1630 g/mol. The number of unbranched alkanes of at least 4 members (excludes halogenated alkanes) is 41. The van der Waals surface area contributed by atoms with Crippen LogP contribution in [0.15, 0.2) is 134 Å². The lowest BCUT2D eigenvalue weighted by atomic mass is 10.0. The van der Waals surface area contributed by atoms with Crippen LogP contribution in [0.5, 0.6) is 0 Å². The maximum atomic E-state index is 13.0. The number of carbonyl (C=O) groups is 3. The number of rotatable bonds is 86. The van der Waals surface area contributed by atoms with Crippen molar-refractivity contribution < 1.29 is 75.8 Å². The molecule has 0 spiro atoms. The van der Waals surface area contributed by atoms with E-state index in [1.54, 1.807) is 0 Å². The van der Waals surface area contributed by atoms with Crippen LogP contribution in [0.2, 0.25) is 0 Å². The van der Waals surface area contributed by atoms with Gasteiger partial charge in [0.05, 0.1) is 26.4 Å². The highest BCUT2D eigenvalue weighted by Crippen LogP contribution is 2.45. The average Bonchev–Trinajstić information content (AvgIpc) is 0.899. The zero-order valence-electron chi connectivity index (χ0n) is 71.8. The third kappa shape index (κ3) is 88.3. The van der Waals surface area contributed by atoms with E-state index in [-0.39, 0.29) is 19.3 Å². The van der Waals surface area contributed by atoms with E-state index in [1.807, 2.05) is 0 Å². The average molecular weight is 1630 g/mol. The molecule has 0 aromatic carbocycles. The summed E-state index contributed by atoms with van der Waals surface area (Å²) in [5.41, 5.74) is 0. The normalized spacial score (nSPS) is 14.4. The molecule has 16 nitrogen and oxygen atoms in total. The van der Waals surface area contributed by atoms with Crippen LogP contribution in [-0.4, -0.2) is 95.9 Å². The number of ether oxygens (including phenoxy) is 3. The molecule has 0 aromatic rings. The van der Waals surface area contributed by atoms with Gasteiger partial charge in [0.1, 0.15) is 25.4 Å². The zero-order valence-corrected chi connectivity index (χ0v) is 73.6. The third-order valence-electron chi connectivity index (χ3n) is 19.3. The van der Waals surface area contributed by atoms with Gasteiger partial charge < -0.3 is 34.2 Å². The third-order valence-corrected chi connectivity index (χ3v) is 21.2. The largest absolute Gasteiger partial charge is 0.472 e. The fourth-order valence-corrected chi connectivity index (χ4v) is 14.0. The van der Waals surface area contributed by atoms with Crippen LogP contribution in [0.25, 0.3) is 0 Å². The van der Waals surface area contributed by atoms with Crippen molar-refractivity contribution in [3.8, 4) is 0 Å².